The monoisotopic (exact) mass is 556 g/mol. The molecular weight excluding hydrogens is 527 g/mol. The zero-order chi connectivity index (χ0) is 28.9. The van der Waals surface area contributed by atoms with E-state index in [1.165, 1.54) is 36.6 Å². The Kier molecular flexibility index (Phi) is 7.89. The van der Waals surface area contributed by atoms with Crippen LogP contribution in [0.2, 0.25) is 0 Å². The molecule has 6 rings (SSSR count). The average Bonchev–Trinajstić information content (AvgIpc) is 3.62. The van der Waals surface area contributed by atoms with E-state index >= 15 is 0 Å². The summed E-state index contributed by atoms with van der Waals surface area (Å²) in [6, 6.07) is 29.0. The molecule has 7 heteroatoms. The molecule has 208 valence electrons. The van der Waals surface area contributed by atoms with Gasteiger partial charge in [-0.3, -0.25) is 19.5 Å². The van der Waals surface area contributed by atoms with Gasteiger partial charge in [0.2, 0.25) is 5.91 Å². The molecule has 4 aromatic rings. The second-order valence-corrected chi connectivity index (χ2v) is 10.5. The number of fused-ring (bicyclic) bond motifs is 1. The van der Waals surface area contributed by atoms with E-state index in [-0.39, 0.29) is 5.91 Å². The van der Waals surface area contributed by atoms with E-state index in [2.05, 4.69) is 39.5 Å². The van der Waals surface area contributed by atoms with Gasteiger partial charge in [0.1, 0.15) is 11.7 Å². The summed E-state index contributed by atoms with van der Waals surface area (Å²) in [6.45, 7) is 3.22. The summed E-state index contributed by atoms with van der Waals surface area (Å²) in [5, 5.41) is 5.53. The van der Waals surface area contributed by atoms with Crippen LogP contribution in [-0.4, -0.2) is 35.5 Å². The fourth-order valence-electron chi connectivity index (χ4n) is 5.39. The van der Waals surface area contributed by atoms with Gasteiger partial charge >= 0.3 is 5.91 Å². The molecule has 2 N–H and O–H groups in total. The smallest absolute Gasteiger partial charge is 0.300 e. The zero-order valence-electron chi connectivity index (χ0n) is 22.9. The van der Waals surface area contributed by atoms with Crippen LogP contribution in [0.4, 0.5) is 21.5 Å². The quantitative estimate of drug-likeness (QED) is 0.217. The van der Waals surface area contributed by atoms with Crippen LogP contribution in [-0.2, 0) is 16.1 Å². The number of halogens is 1. The highest BCUT2D eigenvalue weighted by Gasteiger charge is 2.35. The van der Waals surface area contributed by atoms with Crippen LogP contribution in [0, 0.1) is 17.7 Å². The van der Waals surface area contributed by atoms with Gasteiger partial charge in [-0.15, -0.1) is 0 Å². The summed E-state index contributed by atoms with van der Waals surface area (Å²) >= 11 is 0. The number of benzene rings is 4. The molecule has 2 heterocycles. The molecule has 2 aliphatic rings. The van der Waals surface area contributed by atoms with Crippen LogP contribution >= 0.6 is 0 Å². The first-order chi connectivity index (χ1) is 20.5. The van der Waals surface area contributed by atoms with Crippen LogP contribution in [0.25, 0.3) is 0 Å². The lowest BCUT2D eigenvalue weighted by Gasteiger charge is -2.15. The molecule has 0 bridgehead atoms. The molecule has 42 heavy (non-hydrogen) atoms. The van der Waals surface area contributed by atoms with Gasteiger partial charge in [-0.2, -0.15) is 0 Å². The topological polar surface area (TPSA) is 73.8 Å². The van der Waals surface area contributed by atoms with E-state index in [0.29, 0.717) is 22.6 Å². The Morgan fingerprint density at radius 2 is 1.74 bits per heavy atom. The largest absolute Gasteiger partial charge is 0.325 e. The van der Waals surface area contributed by atoms with Gasteiger partial charge in [0.25, 0.3) is 0 Å². The summed E-state index contributed by atoms with van der Waals surface area (Å²) in [5.74, 6) is 3.57. The fourth-order valence-corrected chi connectivity index (χ4v) is 5.39. The fraction of sp³-hybridized carbons (Fsp3) is 0.171. The lowest BCUT2D eigenvalue weighted by Crippen LogP contribution is -2.22. The minimum Gasteiger partial charge on any atom is -0.325 e. The summed E-state index contributed by atoms with van der Waals surface area (Å²) < 4.78 is 13.4. The van der Waals surface area contributed by atoms with Crippen LogP contribution in [0.1, 0.15) is 41.0 Å². The number of anilines is 2. The van der Waals surface area contributed by atoms with Crippen molar-refractivity contribution in [2.75, 3.05) is 23.7 Å². The number of aliphatic imine (C=N–C) groups is 1. The number of amides is 2. The van der Waals surface area contributed by atoms with Crippen molar-refractivity contribution in [2.24, 2.45) is 4.99 Å². The maximum atomic E-state index is 13.4. The molecule has 0 radical (unpaired) electrons. The second kappa shape index (κ2) is 12.2. The standard InChI is InChI=1S/C35H29FN4O2/c36-27-9-6-10-29(22-27)37-32(41)18-14-24-13-17-30-31(21-24)39-35(42)33(30)34(26-7-2-1-3-8-26)38-28-15-11-25(12-16-28)23-40-19-4-5-20-40/h1-3,6-13,15-17,21-22,33H,4-5,19-20,23H2,(H,37,41)(H,39,42). The Labute approximate surface area is 244 Å². The van der Waals surface area contributed by atoms with E-state index in [9.17, 15) is 14.0 Å². The Balaban J connectivity index is 1.25. The number of likely N-dealkylation sites (tertiary alicyclic amines) is 1. The molecule has 0 aromatic heterocycles. The number of carbonyl (C=O) groups excluding carboxylic acids is 2. The Morgan fingerprint density at radius 1 is 0.952 bits per heavy atom. The molecule has 1 fully saturated rings. The normalized spacial score (nSPS) is 16.4. The first-order valence-electron chi connectivity index (χ1n) is 14.0. The van der Waals surface area contributed by atoms with E-state index in [1.54, 1.807) is 18.2 Å². The number of nitrogens with zero attached hydrogens (tertiary/aromatic N) is 2. The summed E-state index contributed by atoms with van der Waals surface area (Å²) in [4.78, 5) is 33.1. The van der Waals surface area contributed by atoms with Gasteiger partial charge in [-0.05, 0) is 85.1 Å². The summed E-state index contributed by atoms with van der Waals surface area (Å²) in [5.41, 5.74) is 5.88. The lowest BCUT2D eigenvalue weighted by atomic mass is 9.90. The maximum absolute atomic E-state index is 13.4. The average molecular weight is 557 g/mol. The molecule has 0 aliphatic carbocycles. The van der Waals surface area contributed by atoms with Gasteiger partial charge in [0.15, 0.2) is 0 Å². The Morgan fingerprint density at radius 3 is 2.50 bits per heavy atom. The highest BCUT2D eigenvalue weighted by Crippen LogP contribution is 2.37. The van der Waals surface area contributed by atoms with Crippen molar-refractivity contribution in [2.45, 2.75) is 25.3 Å². The molecule has 1 unspecified atom stereocenters. The third-order valence-corrected chi connectivity index (χ3v) is 7.42. The molecule has 2 aliphatic heterocycles. The van der Waals surface area contributed by atoms with Crippen molar-refractivity contribution in [3.8, 4) is 11.8 Å². The van der Waals surface area contributed by atoms with Crippen LogP contribution < -0.4 is 10.6 Å². The van der Waals surface area contributed by atoms with Crippen molar-refractivity contribution >= 4 is 34.6 Å². The SMILES string of the molecule is O=C(C#Cc1ccc2c(c1)NC(=O)C2C(=Nc1ccc(CN2CCCC2)cc1)c1ccccc1)Nc1cccc(F)c1. The molecule has 1 atom stereocenters. The van der Waals surface area contributed by atoms with Crippen molar-refractivity contribution in [3.63, 3.8) is 0 Å². The third kappa shape index (κ3) is 6.30. The van der Waals surface area contributed by atoms with Crippen molar-refractivity contribution in [1.82, 2.24) is 4.90 Å². The van der Waals surface area contributed by atoms with Crippen molar-refractivity contribution < 1.29 is 14.0 Å². The van der Waals surface area contributed by atoms with Crippen molar-refractivity contribution in [3.05, 3.63) is 125 Å². The van der Waals surface area contributed by atoms with Crippen LogP contribution in [0.5, 0.6) is 0 Å². The predicted octanol–water partition coefficient (Wildman–Crippen LogP) is 6.27. The van der Waals surface area contributed by atoms with Gasteiger partial charge in [-0.25, -0.2) is 4.39 Å². The Bertz CT molecular complexity index is 1720. The molecular formula is C35H29FN4O2. The minimum atomic E-state index is -0.607. The maximum Gasteiger partial charge on any atom is 0.300 e. The van der Waals surface area contributed by atoms with E-state index < -0.39 is 17.6 Å². The van der Waals surface area contributed by atoms with Gasteiger partial charge in [0.05, 0.1) is 11.4 Å². The van der Waals surface area contributed by atoms with E-state index in [1.807, 2.05) is 48.5 Å². The summed E-state index contributed by atoms with van der Waals surface area (Å²) in [7, 11) is 0. The molecule has 2 amide bonds. The molecule has 6 nitrogen and oxygen atoms in total. The van der Waals surface area contributed by atoms with Gasteiger partial charge in [-0.1, -0.05) is 60.5 Å². The minimum absolute atomic E-state index is 0.174. The zero-order valence-corrected chi connectivity index (χ0v) is 22.9. The van der Waals surface area contributed by atoms with Gasteiger partial charge < -0.3 is 10.6 Å². The lowest BCUT2D eigenvalue weighted by molar-refractivity contribution is -0.115. The van der Waals surface area contributed by atoms with Gasteiger partial charge in [0, 0.05) is 29.4 Å². The van der Waals surface area contributed by atoms with Crippen LogP contribution in [0.3, 0.4) is 0 Å². The van der Waals surface area contributed by atoms with E-state index in [0.717, 1.165) is 36.4 Å². The molecule has 0 spiro atoms. The third-order valence-electron chi connectivity index (χ3n) is 7.42. The second-order valence-electron chi connectivity index (χ2n) is 10.5. The highest BCUT2D eigenvalue weighted by molar-refractivity contribution is 6.24. The summed E-state index contributed by atoms with van der Waals surface area (Å²) in [6.07, 6.45) is 2.52. The molecule has 1 saturated heterocycles. The van der Waals surface area contributed by atoms with Crippen LogP contribution in [0.15, 0.2) is 102 Å². The molecule has 0 saturated carbocycles. The number of hydrogen-bond acceptors (Lipinski definition) is 4. The first kappa shape index (κ1) is 27.1. The number of carbonyl (C=O) groups is 2. The van der Waals surface area contributed by atoms with Crippen molar-refractivity contribution in [1.29, 1.82) is 0 Å². The highest BCUT2D eigenvalue weighted by atomic mass is 19.1. The Hall–Kier alpha value is -5.06. The number of rotatable bonds is 6. The first-order valence-corrected chi connectivity index (χ1v) is 14.0. The molecule has 4 aromatic carbocycles. The predicted molar refractivity (Wildman–Crippen MR) is 163 cm³/mol. The number of hydrogen-bond donors (Lipinski definition) is 2. The number of nitrogens with one attached hydrogen (secondary N) is 2. The van der Waals surface area contributed by atoms with E-state index in [4.69, 9.17) is 4.99 Å².